The molecule has 1 aromatic carbocycles. The maximum absolute atomic E-state index is 12.9. The Hall–Kier alpha value is -2.29. The number of halogens is 2. The fourth-order valence-corrected chi connectivity index (χ4v) is 2.88. The van der Waals surface area contributed by atoms with E-state index >= 15 is 0 Å². The molecule has 0 amide bonds. The highest BCUT2D eigenvalue weighted by Crippen LogP contribution is 2.29. The number of nitrogens with two attached hydrogens (primary N) is 1. The van der Waals surface area contributed by atoms with E-state index in [4.69, 9.17) is 16.7 Å². The summed E-state index contributed by atoms with van der Waals surface area (Å²) in [6.07, 6.45) is 2.61. The first-order valence-corrected chi connectivity index (χ1v) is 8.27. The van der Waals surface area contributed by atoms with Crippen molar-refractivity contribution in [3.05, 3.63) is 53.6 Å². The highest BCUT2D eigenvalue weighted by atomic mass is 35.5. The number of nitrogens with zero attached hydrogens (tertiary/aromatic N) is 2. The van der Waals surface area contributed by atoms with Crippen LogP contribution in [0.25, 0.3) is 22.8 Å². The molecule has 118 valence electrons. The maximum Gasteiger partial charge on any atom is 0.238 e. The zero-order chi connectivity index (χ0) is 16.6. The van der Waals surface area contributed by atoms with E-state index in [1.165, 1.54) is 36.5 Å². The minimum atomic E-state index is -3.82. The number of imidazole rings is 1. The third kappa shape index (κ3) is 3.24. The number of H-pyrrole nitrogens is 1. The van der Waals surface area contributed by atoms with Crippen LogP contribution in [0, 0.1) is 5.82 Å². The first-order chi connectivity index (χ1) is 10.8. The lowest BCUT2D eigenvalue weighted by molar-refractivity contribution is 0.598. The van der Waals surface area contributed by atoms with Gasteiger partial charge in [0, 0.05) is 5.56 Å². The average molecular weight is 353 g/mol. The van der Waals surface area contributed by atoms with Crippen molar-refractivity contribution in [2.75, 3.05) is 0 Å². The molecule has 23 heavy (non-hydrogen) atoms. The molecule has 0 saturated heterocycles. The average Bonchev–Trinajstić information content (AvgIpc) is 2.96. The summed E-state index contributed by atoms with van der Waals surface area (Å²) in [7, 11) is -3.82. The first-order valence-electron chi connectivity index (χ1n) is 6.34. The summed E-state index contributed by atoms with van der Waals surface area (Å²) < 4.78 is 35.5. The van der Waals surface area contributed by atoms with Crippen LogP contribution in [0.15, 0.2) is 47.6 Å². The Morgan fingerprint density at radius 3 is 2.52 bits per heavy atom. The lowest BCUT2D eigenvalue weighted by Crippen LogP contribution is -2.11. The van der Waals surface area contributed by atoms with Crippen molar-refractivity contribution >= 4 is 21.6 Å². The smallest absolute Gasteiger partial charge is 0.238 e. The summed E-state index contributed by atoms with van der Waals surface area (Å²) in [6.45, 7) is 0. The first kappa shape index (κ1) is 15.6. The van der Waals surface area contributed by atoms with Crippen molar-refractivity contribution in [2.24, 2.45) is 5.14 Å². The van der Waals surface area contributed by atoms with E-state index in [1.807, 2.05) is 0 Å². The van der Waals surface area contributed by atoms with Crippen LogP contribution in [-0.4, -0.2) is 23.4 Å². The summed E-state index contributed by atoms with van der Waals surface area (Å²) in [4.78, 5) is 11.0. The van der Waals surface area contributed by atoms with Crippen LogP contribution in [0.3, 0.4) is 0 Å². The van der Waals surface area contributed by atoms with E-state index in [9.17, 15) is 12.8 Å². The number of hydrogen-bond acceptors (Lipinski definition) is 4. The molecule has 0 radical (unpaired) electrons. The molecular formula is C14H10ClFN4O2S. The predicted octanol–water partition coefficient (Wildman–Crippen LogP) is 2.58. The summed E-state index contributed by atoms with van der Waals surface area (Å²) in [5.41, 5.74) is 1.59. The van der Waals surface area contributed by atoms with E-state index in [0.717, 1.165) is 6.20 Å². The second kappa shape index (κ2) is 5.73. The molecule has 0 aliphatic heterocycles. The fraction of sp³-hybridized carbons (Fsp3) is 0. The molecule has 0 bridgehead atoms. The molecule has 0 unspecified atom stereocenters. The van der Waals surface area contributed by atoms with Gasteiger partial charge in [-0.25, -0.2) is 27.9 Å². The Kier molecular flexibility index (Phi) is 3.88. The Balaban J connectivity index is 1.99. The Bertz CT molecular complexity index is 971. The molecule has 3 rings (SSSR count). The van der Waals surface area contributed by atoms with Crippen LogP contribution in [-0.2, 0) is 10.0 Å². The number of rotatable bonds is 3. The molecule has 3 N–H and O–H groups in total. The zero-order valence-corrected chi connectivity index (χ0v) is 13.1. The molecule has 0 aliphatic carbocycles. The Morgan fingerprint density at radius 2 is 1.91 bits per heavy atom. The standard InChI is InChI=1S/C14H10ClFN4O2S/c15-11-5-9(23(17,21)22)2-3-10(11)13-7-19-14(20-13)12-4-1-8(16)6-18-12/h1-7H,(H,19,20)(H2,17,21,22). The largest absolute Gasteiger partial charge is 0.337 e. The minimum absolute atomic E-state index is 0.0776. The molecule has 2 heterocycles. The highest BCUT2D eigenvalue weighted by molar-refractivity contribution is 7.89. The molecule has 0 fully saturated rings. The summed E-state index contributed by atoms with van der Waals surface area (Å²) in [5, 5.41) is 5.27. The number of aromatic amines is 1. The Morgan fingerprint density at radius 1 is 1.13 bits per heavy atom. The molecule has 0 saturated carbocycles. The van der Waals surface area contributed by atoms with Gasteiger partial charge in [0.25, 0.3) is 0 Å². The van der Waals surface area contributed by atoms with Crippen molar-refractivity contribution in [3.8, 4) is 22.8 Å². The number of aromatic nitrogens is 3. The van der Waals surface area contributed by atoms with Crippen LogP contribution in [0.5, 0.6) is 0 Å². The minimum Gasteiger partial charge on any atom is -0.337 e. The molecular weight excluding hydrogens is 343 g/mol. The van der Waals surface area contributed by atoms with Gasteiger partial charge in [-0.05, 0) is 30.3 Å². The van der Waals surface area contributed by atoms with Crippen molar-refractivity contribution in [1.82, 2.24) is 15.0 Å². The quantitative estimate of drug-likeness (QED) is 0.756. The fourth-order valence-electron chi connectivity index (χ4n) is 2.00. The number of primary sulfonamides is 1. The molecule has 0 spiro atoms. The number of sulfonamides is 1. The van der Waals surface area contributed by atoms with Gasteiger partial charge in [0.15, 0.2) is 5.82 Å². The van der Waals surface area contributed by atoms with Gasteiger partial charge >= 0.3 is 0 Å². The van der Waals surface area contributed by atoms with Crippen LogP contribution in [0.2, 0.25) is 5.02 Å². The van der Waals surface area contributed by atoms with E-state index in [0.29, 0.717) is 22.8 Å². The topological polar surface area (TPSA) is 102 Å². The van der Waals surface area contributed by atoms with E-state index < -0.39 is 15.8 Å². The predicted molar refractivity (Wildman–Crippen MR) is 83.6 cm³/mol. The van der Waals surface area contributed by atoms with Crippen molar-refractivity contribution in [2.45, 2.75) is 4.90 Å². The molecule has 0 atom stereocenters. The van der Waals surface area contributed by atoms with Gasteiger partial charge in [-0.15, -0.1) is 0 Å². The summed E-state index contributed by atoms with van der Waals surface area (Å²) >= 11 is 6.11. The van der Waals surface area contributed by atoms with Crippen LogP contribution in [0.1, 0.15) is 0 Å². The van der Waals surface area contributed by atoms with Crippen molar-refractivity contribution in [1.29, 1.82) is 0 Å². The third-order valence-electron chi connectivity index (χ3n) is 3.11. The van der Waals surface area contributed by atoms with E-state index in [2.05, 4.69) is 15.0 Å². The van der Waals surface area contributed by atoms with Gasteiger partial charge in [-0.1, -0.05) is 11.6 Å². The molecule has 2 aromatic heterocycles. The van der Waals surface area contributed by atoms with Crippen LogP contribution < -0.4 is 5.14 Å². The van der Waals surface area contributed by atoms with Crippen LogP contribution >= 0.6 is 11.6 Å². The molecule has 6 nitrogen and oxygen atoms in total. The number of nitrogens with one attached hydrogen (secondary N) is 1. The molecule has 0 aliphatic rings. The second-order valence-corrected chi connectivity index (χ2v) is 6.66. The van der Waals surface area contributed by atoms with Gasteiger partial charge < -0.3 is 4.98 Å². The van der Waals surface area contributed by atoms with E-state index in [-0.39, 0.29) is 9.92 Å². The normalized spacial score (nSPS) is 11.6. The van der Waals surface area contributed by atoms with Gasteiger partial charge in [-0.3, -0.25) is 0 Å². The van der Waals surface area contributed by atoms with Gasteiger partial charge in [0.05, 0.1) is 28.0 Å². The lowest BCUT2D eigenvalue weighted by Gasteiger charge is -2.04. The maximum atomic E-state index is 12.9. The second-order valence-electron chi connectivity index (χ2n) is 4.69. The number of benzene rings is 1. The van der Waals surface area contributed by atoms with Crippen molar-refractivity contribution < 1.29 is 12.8 Å². The Labute approximate surface area is 136 Å². The van der Waals surface area contributed by atoms with Gasteiger partial charge in [-0.2, -0.15) is 0 Å². The lowest BCUT2D eigenvalue weighted by atomic mass is 10.2. The molecule has 3 aromatic rings. The summed E-state index contributed by atoms with van der Waals surface area (Å²) in [6, 6.07) is 6.91. The molecule has 9 heteroatoms. The SMILES string of the molecule is NS(=O)(=O)c1ccc(-c2cnc(-c3ccc(F)cn3)[nH]2)c(Cl)c1. The monoisotopic (exact) mass is 352 g/mol. The van der Waals surface area contributed by atoms with Gasteiger partial charge in [0.1, 0.15) is 11.5 Å². The zero-order valence-electron chi connectivity index (χ0n) is 11.5. The van der Waals surface area contributed by atoms with Crippen molar-refractivity contribution in [3.63, 3.8) is 0 Å². The van der Waals surface area contributed by atoms with Crippen LogP contribution in [0.4, 0.5) is 4.39 Å². The number of hydrogen-bond donors (Lipinski definition) is 2. The highest BCUT2D eigenvalue weighted by Gasteiger charge is 2.13. The third-order valence-corrected chi connectivity index (χ3v) is 4.33. The van der Waals surface area contributed by atoms with Gasteiger partial charge in [0.2, 0.25) is 10.0 Å². The summed E-state index contributed by atoms with van der Waals surface area (Å²) in [5.74, 6) is -0.00579. The number of pyridine rings is 1. The van der Waals surface area contributed by atoms with E-state index in [1.54, 1.807) is 0 Å².